The Bertz CT molecular complexity index is 1300. The van der Waals surface area contributed by atoms with Crippen molar-refractivity contribution in [1.29, 1.82) is 0 Å². The molecule has 174 valence electrons. The monoisotopic (exact) mass is 490 g/mol. The highest BCUT2D eigenvalue weighted by atomic mass is 32.2. The standard InChI is InChI=1S/C22H23FN4O4S2/c1-14-4-5-15(10-17(14)23)22(20-24-13-25-32-20)8-9-27(12-22)21(28)26-18-11-16(33(3,29)30)6-7-19(18)31-2/h4-7,10-11,13H,8-9,12H2,1-3H3,(H,26,28)/t22-/m0/s1. The number of amides is 2. The molecule has 2 aromatic carbocycles. The van der Waals surface area contributed by atoms with Crippen LogP contribution in [0, 0.1) is 12.7 Å². The first kappa shape index (κ1) is 23.1. The second-order valence-electron chi connectivity index (χ2n) is 8.03. The molecule has 0 saturated carbocycles. The van der Waals surface area contributed by atoms with Crippen molar-refractivity contribution >= 4 is 33.1 Å². The fourth-order valence-electron chi connectivity index (χ4n) is 4.00. The summed E-state index contributed by atoms with van der Waals surface area (Å²) in [6.07, 6.45) is 3.09. The molecular weight excluding hydrogens is 467 g/mol. The molecule has 1 aliphatic heterocycles. The summed E-state index contributed by atoms with van der Waals surface area (Å²) in [5, 5.41) is 3.47. The van der Waals surface area contributed by atoms with Crippen LogP contribution in [0.4, 0.5) is 14.9 Å². The van der Waals surface area contributed by atoms with Crippen LogP contribution < -0.4 is 10.1 Å². The molecule has 8 nitrogen and oxygen atoms in total. The minimum atomic E-state index is -3.47. The molecule has 0 unspecified atom stereocenters. The third-order valence-corrected chi connectivity index (χ3v) is 7.87. The highest BCUT2D eigenvalue weighted by molar-refractivity contribution is 7.90. The van der Waals surface area contributed by atoms with Crippen LogP contribution in [0.2, 0.25) is 0 Å². The van der Waals surface area contributed by atoms with Gasteiger partial charge in [0.25, 0.3) is 0 Å². The zero-order valence-electron chi connectivity index (χ0n) is 18.3. The van der Waals surface area contributed by atoms with E-state index in [-0.39, 0.29) is 22.9 Å². The number of aromatic nitrogens is 2. The molecule has 1 atom stereocenters. The van der Waals surface area contributed by atoms with Crippen molar-refractivity contribution in [2.75, 3.05) is 31.8 Å². The van der Waals surface area contributed by atoms with Crippen LogP contribution in [0.3, 0.4) is 0 Å². The SMILES string of the molecule is COc1ccc(S(C)(=O)=O)cc1NC(=O)N1CC[C@](c2ccc(C)c(F)c2)(c2ncns2)C1. The second-order valence-corrected chi connectivity index (χ2v) is 10.8. The number of carbonyl (C=O) groups excluding carboxylic acids is 1. The number of aryl methyl sites for hydroxylation is 1. The Morgan fingerprint density at radius 1 is 1.27 bits per heavy atom. The lowest BCUT2D eigenvalue weighted by molar-refractivity contribution is 0.220. The maximum absolute atomic E-state index is 14.4. The summed E-state index contributed by atoms with van der Waals surface area (Å²) in [6.45, 7) is 2.36. The van der Waals surface area contributed by atoms with Crippen LogP contribution in [0.1, 0.15) is 22.6 Å². The van der Waals surface area contributed by atoms with E-state index in [4.69, 9.17) is 4.74 Å². The number of hydrogen-bond acceptors (Lipinski definition) is 7. The topological polar surface area (TPSA) is 101 Å². The van der Waals surface area contributed by atoms with Crippen molar-refractivity contribution in [3.05, 3.63) is 64.7 Å². The Balaban J connectivity index is 1.64. The van der Waals surface area contributed by atoms with E-state index in [2.05, 4.69) is 14.7 Å². The van der Waals surface area contributed by atoms with Gasteiger partial charge >= 0.3 is 6.03 Å². The number of urea groups is 1. The van der Waals surface area contributed by atoms with Gasteiger partial charge in [0, 0.05) is 19.3 Å². The lowest BCUT2D eigenvalue weighted by atomic mass is 9.80. The average Bonchev–Trinajstić information content (AvgIpc) is 3.46. The summed E-state index contributed by atoms with van der Waals surface area (Å²) < 4.78 is 47.7. The number of nitrogens with one attached hydrogen (secondary N) is 1. The largest absolute Gasteiger partial charge is 0.495 e. The van der Waals surface area contributed by atoms with Crippen molar-refractivity contribution < 1.29 is 22.3 Å². The van der Waals surface area contributed by atoms with Crippen LogP contribution in [0.25, 0.3) is 0 Å². The van der Waals surface area contributed by atoms with Gasteiger partial charge in [-0.05, 0) is 60.3 Å². The van der Waals surface area contributed by atoms with E-state index in [9.17, 15) is 17.6 Å². The van der Waals surface area contributed by atoms with Crippen LogP contribution in [0.5, 0.6) is 5.75 Å². The molecule has 4 rings (SSSR count). The van der Waals surface area contributed by atoms with Crippen molar-refractivity contribution in [3.63, 3.8) is 0 Å². The lowest BCUT2D eigenvalue weighted by Crippen LogP contribution is -2.37. The number of carbonyl (C=O) groups is 1. The zero-order chi connectivity index (χ0) is 23.8. The van der Waals surface area contributed by atoms with Gasteiger partial charge in [-0.1, -0.05) is 12.1 Å². The van der Waals surface area contributed by atoms with Crippen LogP contribution in [-0.2, 0) is 15.3 Å². The van der Waals surface area contributed by atoms with E-state index >= 15 is 0 Å². The van der Waals surface area contributed by atoms with Crippen LogP contribution >= 0.6 is 11.5 Å². The lowest BCUT2D eigenvalue weighted by Gasteiger charge is -2.28. The fraction of sp³-hybridized carbons (Fsp3) is 0.318. The molecule has 2 amide bonds. The Morgan fingerprint density at radius 3 is 2.70 bits per heavy atom. The smallest absolute Gasteiger partial charge is 0.321 e. The summed E-state index contributed by atoms with van der Waals surface area (Å²) in [5.74, 6) is 0.0209. The number of likely N-dealkylation sites (tertiary alicyclic amines) is 1. The third kappa shape index (κ3) is 4.42. The van der Waals surface area contributed by atoms with E-state index in [1.165, 1.54) is 49.2 Å². The van der Waals surface area contributed by atoms with Gasteiger partial charge < -0.3 is 15.0 Å². The van der Waals surface area contributed by atoms with Gasteiger partial charge in [-0.15, -0.1) is 0 Å². The van der Waals surface area contributed by atoms with Gasteiger partial charge in [-0.25, -0.2) is 22.6 Å². The molecule has 0 bridgehead atoms. The first-order valence-electron chi connectivity index (χ1n) is 10.1. The minimum absolute atomic E-state index is 0.0679. The Morgan fingerprint density at radius 2 is 2.06 bits per heavy atom. The molecule has 0 radical (unpaired) electrons. The summed E-state index contributed by atoms with van der Waals surface area (Å²) in [6, 6.07) is 8.95. The molecule has 1 aromatic heterocycles. The maximum Gasteiger partial charge on any atom is 0.321 e. The number of benzene rings is 2. The average molecular weight is 491 g/mol. The molecule has 11 heteroatoms. The van der Waals surface area contributed by atoms with Gasteiger partial charge in [0.15, 0.2) is 9.84 Å². The molecule has 3 aromatic rings. The molecule has 1 aliphatic rings. The molecule has 2 heterocycles. The highest BCUT2D eigenvalue weighted by Gasteiger charge is 2.45. The summed E-state index contributed by atoms with van der Waals surface area (Å²) in [4.78, 5) is 19.2. The van der Waals surface area contributed by atoms with Crippen molar-refractivity contribution in [1.82, 2.24) is 14.3 Å². The number of sulfone groups is 1. The first-order valence-corrected chi connectivity index (χ1v) is 12.8. The maximum atomic E-state index is 14.4. The second kappa shape index (κ2) is 8.71. The molecule has 0 aliphatic carbocycles. The number of rotatable bonds is 5. The molecule has 33 heavy (non-hydrogen) atoms. The Hall–Kier alpha value is -3.05. The zero-order valence-corrected chi connectivity index (χ0v) is 20.0. The van der Waals surface area contributed by atoms with Gasteiger partial charge in [-0.2, -0.15) is 4.37 Å². The van der Waals surface area contributed by atoms with Gasteiger partial charge in [-0.3, -0.25) is 0 Å². The number of hydrogen-bond donors (Lipinski definition) is 1. The number of nitrogens with zero attached hydrogens (tertiary/aromatic N) is 3. The predicted molar refractivity (Wildman–Crippen MR) is 123 cm³/mol. The summed E-state index contributed by atoms with van der Waals surface area (Å²) in [5.41, 5.74) is 0.831. The van der Waals surface area contributed by atoms with Crippen LogP contribution in [-0.4, -0.2) is 55.2 Å². The molecule has 0 spiro atoms. The highest BCUT2D eigenvalue weighted by Crippen LogP contribution is 2.42. The minimum Gasteiger partial charge on any atom is -0.495 e. The van der Waals surface area contributed by atoms with E-state index in [0.29, 0.717) is 29.3 Å². The Kier molecular flexibility index (Phi) is 6.10. The third-order valence-electron chi connectivity index (χ3n) is 5.89. The first-order chi connectivity index (χ1) is 15.6. The quantitative estimate of drug-likeness (QED) is 0.586. The Labute approximate surface area is 195 Å². The van der Waals surface area contributed by atoms with Crippen molar-refractivity contribution in [3.8, 4) is 5.75 Å². The van der Waals surface area contributed by atoms with Gasteiger partial charge in [0.2, 0.25) is 0 Å². The normalized spacial score (nSPS) is 18.4. The van der Waals surface area contributed by atoms with Gasteiger partial charge in [0.1, 0.15) is 22.9 Å². The fourth-order valence-corrected chi connectivity index (χ4v) is 5.40. The van der Waals surface area contributed by atoms with E-state index in [0.717, 1.165) is 11.8 Å². The number of anilines is 1. The van der Waals surface area contributed by atoms with E-state index in [1.54, 1.807) is 17.9 Å². The molecule has 1 saturated heterocycles. The van der Waals surface area contributed by atoms with E-state index in [1.807, 2.05) is 6.07 Å². The van der Waals surface area contributed by atoms with Crippen molar-refractivity contribution in [2.45, 2.75) is 23.7 Å². The van der Waals surface area contributed by atoms with Gasteiger partial charge in [0.05, 0.1) is 23.1 Å². The summed E-state index contributed by atoms with van der Waals surface area (Å²) in [7, 11) is -2.03. The van der Waals surface area contributed by atoms with E-state index < -0.39 is 21.3 Å². The number of ether oxygens (including phenoxy) is 1. The van der Waals surface area contributed by atoms with Crippen LogP contribution in [0.15, 0.2) is 47.6 Å². The van der Waals surface area contributed by atoms with Crippen molar-refractivity contribution in [2.24, 2.45) is 0 Å². The molecular formula is C22H23FN4O4S2. The number of methoxy groups -OCH3 is 1. The molecule has 1 N–H and O–H groups in total. The summed E-state index contributed by atoms with van der Waals surface area (Å²) >= 11 is 1.22. The number of halogens is 1. The predicted octanol–water partition coefficient (Wildman–Crippen LogP) is 3.62. The molecule has 1 fully saturated rings.